The van der Waals surface area contributed by atoms with Gasteiger partial charge in [0.2, 0.25) is 17.6 Å². The number of carbonyl (C=O) groups is 1. The lowest BCUT2D eigenvalue weighted by molar-refractivity contribution is -0.121. The Labute approximate surface area is 163 Å². The molecule has 0 aliphatic carbocycles. The summed E-state index contributed by atoms with van der Waals surface area (Å²) in [5.41, 5.74) is 1.26. The summed E-state index contributed by atoms with van der Waals surface area (Å²) in [6, 6.07) is 14.4. The molecule has 0 spiro atoms. The van der Waals surface area contributed by atoms with Crippen LogP contribution in [0.15, 0.2) is 52.4 Å². The van der Waals surface area contributed by atoms with Gasteiger partial charge in [0.25, 0.3) is 0 Å². The van der Waals surface area contributed by atoms with E-state index in [-0.39, 0.29) is 11.9 Å². The van der Waals surface area contributed by atoms with E-state index in [4.69, 9.17) is 4.52 Å². The van der Waals surface area contributed by atoms with Crippen LogP contribution in [0.4, 0.5) is 0 Å². The molecule has 1 N–H and O–H groups in total. The zero-order valence-corrected chi connectivity index (χ0v) is 16.4. The van der Waals surface area contributed by atoms with E-state index in [1.54, 1.807) is 11.3 Å². The van der Waals surface area contributed by atoms with E-state index in [1.807, 2.05) is 49.8 Å². The Morgan fingerprint density at radius 1 is 1.22 bits per heavy atom. The predicted octanol–water partition coefficient (Wildman–Crippen LogP) is 3.02. The number of likely N-dealkylation sites (N-methyl/N-ethyl adjacent to an activating group) is 1. The number of hydrogen-bond donors (Lipinski definition) is 1. The van der Waals surface area contributed by atoms with Crippen molar-refractivity contribution in [3.63, 3.8) is 0 Å². The standard InChI is InChI=1S/C20H24N4O2S/c1-24(2)16(13-15-7-4-3-5-8-15)14-21-18(25)10-11-19-22-20(23-26-19)17-9-6-12-27-17/h3-9,12,16H,10-11,13-14H2,1-2H3,(H,21,25). The number of aryl methyl sites for hydroxylation is 1. The molecule has 27 heavy (non-hydrogen) atoms. The second-order valence-electron chi connectivity index (χ2n) is 6.60. The highest BCUT2D eigenvalue weighted by molar-refractivity contribution is 7.13. The molecule has 1 unspecified atom stereocenters. The molecule has 1 atom stereocenters. The quantitative estimate of drug-likeness (QED) is 0.614. The van der Waals surface area contributed by atoms with Crippen LogP contribution >= 0.6 is 11.3 Å². The molecule has 1 aromatic carbocycles. The third kappa shape index (κ3) is 5.74. The lowest BCUT2D eigenvalue weighted by Gasteiger charge is -2.24. The number of thiophene rings is 1. The number of aromatic nitrogens is 2. The number of hydrogen-bond acceptors (Lipinski definition) is 6. The highest BCUT2D eigenvalue weighted by Gasteiger charge is 2.15. The minimum Gasteiger partial charge on any atom is -0.355 e. The van der Waals surface area contributed by atoms with Crippen LogP contribution in [0.1, 0.15) is 17.9 Å². The zero-order chi connectivity index (χ0) is 19.1. The van der Waals surface area contributed by atoms with Gasteiger partial charge in [-0.05, 0) is 37.5 Å². The van der Waals surface area contributed by atoms with E-state index in [9.17, 15) is 4.79 Å². The summed E-state index contributed by atoms with van der Waals surface area (Å²) in [6.45, 7) is 0.602. The van der Waals surface area contributed by atoms with Gasteiger partial charge in [-0.2, -0.15) is 4.98 Å². The Kier molecular flexibility index (Phi) is 6.73. The minimum atomic E-state index is -0.00853. The van der Waals surface area contributed by atoms with Gasteiger partial charge in [0.15, 0.2) is 0 Å². The molecule has 7 heteroatoms. The average molecular weight is 385 g/mol. The molecule has 0 fully saturated rings. The normalized spacial score (nSPS) is 12.3. The molecule has 0 bridgehead atoms. The molecule has 3 aromatic rings. The van der Waals surface area contributed by atoms with Gasteiger partial charge >= 0.3 is 0 Å². The molecule has 0 aliphatic heterocycles. The highest BCUT2D eigenvalue weighted by atomic mass is 32.1. The lowest BCUT2D eigenvalue weighted by atomic mass is 10.1. The maximum atomic E-state index is 12.2. The van der Waals surface area contributed by atoms with Crippen molar-refractivity contribution < 1.29 is 9.32 Å². The first-order valence-electron chi connectivity index (χ1n) is 8.95. The van der Waals surface area contributed by atoms with Crippen molar-refractivity contribution in [1.82, 2.24) is 20.4 Å². The number of benzene rings is 1. The molecule has 2 heterocycles. The summed E-state index contributed by atoms with van der Waals surface area (Å²) in [5.74, 6) is 1.06. The topological polar surface area (TPSA) is 71.3 Å². The fourth-order valence-electron chi connectivity index (χ4n) is 2.73. The van der Waals surface area contributed by atoms with Crippen LogP contribution in [-0.4, -0.2) is 47.6 Å². The number of amides is 1. The Balaban J connectivity index is 1.45. The number of nitrogens with zero attached hydrogens (tertiary/aromatic N) is 3. The average Bonchev–Trinajstić information content (AvgIpc) is 3.35. The van der Waals surface area contributed by atoms with Gasteiger partial charge < -0.3 is 14.7 Å². The van der Waals surface area contributed by atoms with Crippen molar-refractivity contribution in [2.45, 2.75) is 25.3 Å². The number of nitrogens with one attached hydrogen (secondary N) is 1. The van der Waals surface area contributed by atoms with Crippen LogP contribution in [0.5, 0.6) is 0 Å². The SMILES string of the molecule is CN(C)C(CNC(=O)CCc1nc(-c2cccs2)no1)Cc1ccccc1. The Bertz CT molecular complexity index is 831. The van der Waals surface area contributed by atoms with Gasteiger partial charge in [-0.3, -0.25) is 4.79 Å². The van der Waals surface area contributed by atoms with Crippen molar-refractivity contribution in [1.29, 1.82) is 0 Å². The summed E-state index contributed by atoms with van der Waals surface area (Å²) in [6.07, 6.45) is 1.66. The smallest absolute Gasteiger partial charge is 0.227 e. The lowest BCUT2D eigenvalue weighted by Crippen LogP contribution is -2.41. The molecular weight excluding hydrogens is 360 g/mol. The van der Waals surface area contributed by atoms with Crippen molar-refractivity contribution >= 4 is 17.2 Å². The monoisotopic (exact) mass is 384 g/mol. The van der Waals surface area contributed by atoms with Gasteiger partial charge in [0, 0.05) is 25.4 Å². The van der Waals surface area contributed by atoms with Gasteiger partial charge in [0.1, 0.15) is 0 Å². The van der Waals surface area contributed by atoms with E-state index < -0.39 is 0 Å². The molecule has 142 valence electrons. The third-order valence-electron chi connectivity index (χ3n) is 4.35. The Hall–Kier alpha value is -2.51. The Morgan fingerprint density at radius 2 is 2.04 bits per heavy atom. The van der Waals surface area contributed by atoms with Crippen LogP contribution in [0.25, 0.3) is 10.7 Å². The maximum Gasteiger partial charge on any atom is 0.227 e. The summed E-state index contributed by atoms with van der Waals surface area (Å²) in [5, 5.41) is 8.96. The van der Waals surface area contributed by atoms with Crippen LogP contribution in [0.2, 0.25) is 0 Å². The summed E-state index contributed by atoms with van der Waals surface area (Å²) in [4.78, 5) is 19.7. The minimum absolute atomic E-state index is 0.00853. The third-order valence-corrected chi connectivity index (χ3v) is 5.22. The second-order valence-corrected chi connectivity index (χ2v) is 7.55. The summed E-state index contributed by atoms with van der Waals surface area (Å²) >= 11 is 1.56. The predicted molar refractivity (Wildman–Crippen MR) is 107 cm³/mol. The van der Waals surface area contributed by atoms with Gasteiger partial charge in [-0.25, -0.2) is 0 Å². The largest absolute Gasteiger partial charge is 0.355 e. The van der Waals surface area contributed by atoms with E-state index in [2.05, 4.69) is 32.5 Å². The molecule has 0 radical (unpaired) electrons. The molecule has 3 rings (SSSR count). The van der Waals surface area contributed by atoms with Gasteiger partial charge in [0.05, 0.1) is 4.88 Å². The van der Waals surface area contributed by atoms with E-state index >= 15 is 0 Å². The van der Waals surface area contributed by atoms with Gasteiger partial charge in [-0.15, -0.1) is 11.3 Å². The fraction of sp³-hybridized carbons (Fsp3) is 0.350. The molecule has 1 amide bonds. The van der Waals surface area contributed by atoms with E-state index in [1.165, 1.54) is 5.56 Å². The van der Waals surface area contributed by atoms with E-state index in [0.29, 0.717) is 31.1 Å². The highest BCUT2D eigenvalue weighted by Crippen LogP contribution is 2.21. The van der Waals surface area contributed by atoms with Crippen molar-refractivity contribution in [2.24, 2.45) is 0 Å². The van der Waals surface area contributed by atoms with Crippen LogP contribution < -0.4 is 5.32 Å². The summed E-state index contributed by atoms with van der Waals surface area (Å²) in [7, 11) is 4.06. The molecule has 6 nitrogen and oxygen atoms in total. The van der Waals surface area contributed by atoms with Crippen molar-refractivity contribution in [3.05, 3.63) is 59.3 Å². The van der Waals surface area contributed by atoms with Crippen LogP contribution in [-0.2, 0) is 17.6 Å². The van der Waals surface area contributed by atoms with Crippen molar-refractivity contribution in [3.8, 4) is 10.7 Å². The number of rotatable bonds is 9. The molecular formula is C20H24N4O2S. The maximum absolute atomic E-state index is 12.2. The molecule has 0 saturated carbocycles. The van der Waals surface area contributed by atoms with Gasteiger partial charge in [-0.1, -0.05) is 41.6 Å². The van der Waals surface area contributed by atoms with Crippen LogP contribution in [0.3, 0.4) is 0 Å². The summed E-state index contributed by atoms with van der Waals surface area (Å²) < 4.78 is 5.24. The van der Waals surface area contributed by atoms with Crippen molar-refractivity contribution in [2.75, 3.05) is 20.6 Å². The molecule has 0 aliphatic rings. The van der Waals surface area contributed by atoms with Crippen LogP contribution in [0, 0.1) is 0 Å². The molecule has 2 aromatic heterocycles. The number of carbonyl (C=O) groups excluding carboxylic acids is 1. The zero-order valence-electron chi connectivity index (χ0n) is 15.6. The first-order valence-corrected chi connectivity index (χ1v) is 9.83. The van der Waals surface area contributed by atoms with E-state index in [0.717, 1.165) is 11.3 Å². The first kappa shape index (κ1) is 19.3. The second kappa shape index (κ2) is 9.43. The Morgan fingerprint density at radius 3 is 2.74 bits per heavy atom. The fourth-order valence-corrected chi connectivity index (χ4v) is 3.38. The first-order chi connectivity index (χ1) is 13.1. The molecule has 0 saturated heterocycles.